The van der Waals surface area contributed by atoms with Crippen LogP contribution in [0.25, 0.3) is 20.2 Å². The minimum Gasteiger partial charge on any atom is -0.143 e. The van der Waals surface area contributed by atoms with Crippen molar-refractivity contribution in [1.82, 2.24) is 0 Å². The zero-order chi connectivity index (χ0) is 11.0. The Morgan fingerprint density at radius 1 is 0.812 bits per heavy atom. The Kier molecular flexibility index (Phi) is 3.15. The summed E-state index contributed by atoms with van der Waals surface area (Å²) < 4.78 is 1.35. The topological polar surface area (TPSA) is 0 Å². The summed E-state index contributed by atoms with van der Waals surface area (Å²) in [6, 6.07) is 8.72. The summed E-state index contributed by atoms with van der Waals surface area (Å²) in [4.78, 5) is 4.16. The van der Waals surface area contributed by atoms with Crippen molar-refractivity contribution in [2.45, 2.75) is 0 Å². The second kappa shape index (κ2) is 4.60. The maximum atomic E-state index is 2.41. The van der Waals surface area contributed by atoms with Crippen molar-refractivity contribution >= 4 is 56.6 Å². The molecule has 3 aromatic rings. The molecule has 16 heavy (non-hydrogen) atoms. The molecule has 0 spiro atoms. The molecule has 0 amide bonds. The first-order chi connectivity index (χ1) is 7.86. The first-order valence-electron chi connectivity index (χ1n) is 4.71. The summed E-state index contributed by atoms with van der Waals surface area (Å²) in [6.07, 6.45) is 0. The molecule has 0 bridgehead atoms. The maximum Gasteiger partial charge on any atom is 0.0529 e. The molecule has 0 aliphatic carbocycles. The Bertz CT molecular complexity index is 589. The van der Waals surface area contributed by atoms with Crippen LogP contribution in [0.2, 0.25) is 0 Å². The first-order valence-corrected chi connectivity index (χ1v) is 8.43. The van der Waals surface area contributed by atoms with Gasteiger partial charge in [0.15, 0.2) is 0 Å². The Hall–Kier alpha value is -0.170. The van der Waals surface area contributed by atoms with E-state index in [1.807, 2.05) is 34.0 Å². The van der Waals surface area contributed by atoms with Crippen LogP contribution in [-0.2, 0) is 0 Å². The molecule has 0 fully saturated rings. The summed E-state index contributed by atoms with van der Waals surface area (Å²) in [6.45, 7) is 0. The number of hydrogen-bond donors (Lipinski definition) is 0. The van der Waals surface area contributed by atoms with E-state index in [9.17, 15) is 0 Å². The third-order valence-electron chi connectivity index (χ3n) is 2.27. The molecule has 0 N–H and O–H groups in total. The van der Waals surface area contributed by atoms with Gasteiger partial charge in [0, 0.05) is 18.9 Å². The SMILES string of the molecule is Ic1ccsc1-c1ccsc1-c1cccs1. The van der Waals surface area contributed by atoms with Gasteiger partial charge in [-0.2, -0.15) is 0 Å². The van der Waals surface area contributed by atoms with Crippen LogP contribution < -0.4 is 0 Å². The van der Waals surface area contributed by atoms with E-state index in [0.29, 0.717) is 0 Å². The molecular weight excluding hydrogens is 367 g/mol. The van der Waals surface area contributed by atoms with Crippen molar-refractivity contribution in [3.8, 4) is 20.2 Å². The van der Waals surface area contributed by atoms with Crippen molar-refractivity contribution in [2.24, 2.45) is 0 Å². The Balaban J connectivity index is 2.17. The van der Waals surface area contributed by atoms with Crippen LogP contribution in [0, 0.1) is 3.57 Å². The van der Waals surface area contributed by atoms with Gasteiger partial charge in [0.2, 0.25) is 0 Å². The normalized spacial score (nSPS) is 10.8. The molecule has 3 rings (SSSR count). The van der Waals surface area contributed by atoms with E-state index in [2.05, 4.69) is 63.0 Å². The predicted octanol–water partition coefficient (Wildman–Crippen LogP) is 5.81. The lowest BCUT2D eigenvalue weighted by Crippen LogP contribution is -1.74. The van der Waals surface area contributed by atoms with Gasteiger partial charge in [0.1, 0.15) is 0 Å². The molecule has 0 saturated heterocycles. The zero-order valence-electron chi connectivity index (χ0n) is 8.14. The van der Waals surface area contributed by atoms with Gasteiger partial charge >= 0.3 is 0 Å². The molecule has 0 aromatic carbocycles. The van der Waals surface area contributed by atoms with Gasteiger partial charge in [0.25, 0.3) is 0 Å². The lowest BCUT2D eigenvalue weighted by molar-refractivity contribution is 1.80. The van der Waals surface area contributed by atoms with Crippen LogP contribution in [0.15, 0.2) is 40.4 Å². The van der Waals surface area contributed by atoms with Crippen LogP contribution in [0.3, 0.4) is 0 Å². The molecule has 0 aliphatic rings. The van der Waals surface area contributed by atoms with Crippen molar-refractivity contribution in [3.63, 3.8) is 0 Å². The van der Waals surface area contributed by atoms with E-state index in [0.717, 1.165) is 0 Å². The maximum absolute atomic E-state index is 2.41. The van der Waals surface area contributed by atoms with Crippen LogP contribution in [-0.4, -0.2) is 0 Å². The Morgan fingerprint density at radius 2 is 1.62 bits per heavy atom. The summed E-state index contributed by atoms with van der Waals surface area (Å²) in [5, 5.41) is 6.48. The van der Waals surface area contributed by atoms with E-state index >= 15 is 0 Å². The molecule has 80 valence electrons. The number of hydrogen-bond acceptors (Lipinski definition) is 3. The fraction of sp³-hybridized carbons (Fsp3) is 0. The smallest absolute Gasteiger partial charge is 0.0529 e. The van der Waals surface area contributed by atoms with Crippen LogP contribution in [0.4, 0.5) is 0 Å². The molecule has 0 radical (unpaired) electrons. The summed E-state index contributed by atoms with van der Waals surface area (Å²) in [5.41, 5.74) is 1.38. The fourth-order valence-electron chi connectivity index (χ4n) is 1.57. The van der Waals surface area contributed by atoms with Gasteiger partial charge in [0.05, 0.1) is 4.88 Å². The third kappa shape index (κ3) is 1.88. The molecule has 0 unspecified atom stereocenters. The number of thiophene rings is 3. The van der Waals surface area contributed by atoms with Gasteiger partial charge in [-0.1, -0.05) is 6.07 Å². The highest BCUT2D eigenvalue weighted by atomic mass is 127. The van der Waals surface area contributed by atoms with Crippen LogP contribution >= 0.6 is 56.6 Å². The summed E-state index contributed by atoms with van der Waals surface area (Å²) >= 11 is 7.87. The van der Waals surface area contributed by atoms with Crippen molar-refractivity contribution in [3.05, 3.63) is 44.0 Å². The second-order valence-corrected chi connectivity index (χ2v) is 7.18. The van der Waals surface area contributed by atoms with Crippen LogP contribution in [0.5, 0.6) is 0 Å². The first kappa shape index (κ1) is 11.0. The van der Waals surface area contributed by atoms with E-state index in [4.69, 9.17) is 0 Å². The average Bonchev–Trinajstić information content (AvgIpc) is 2.95. The number of rotatable bonds is 2. The van der Waals surface area contributed by atoms with Crippen molar-refractivity contribution in [2.75, 3.05) is 0 Å². The summed E-state index contributed by atoms with van der Waals surface area (Å²) in [5.74, 6) is 0. The van der Waals surface area contributed by atoms with E-state index in [-0.39, 0.29) is 0 Å². The molecule has 3 heterocycles. The third-order valence-corrected chi connectivity index (χ3v) is 6.45. The van der Waals surface area contributed by atoms with E-state index in [1.54, 1.807) is 0 Å². The van der Waals surface area contributed by atoms with E-state index < -0.39 is 0 Å². The molecule has 0 aliphatic heterocycles. The monoisotopic (exact) mass is 374 g/mol. The molecule has 0 saturated carbocycles. The lowest BCUT2D eigenvalue weighted by atomic mass is 10.2. The second-order valence-electron chi connectivity index (χ2n) is 3.24. The standard InChI is InChI=1S/C12H7IS3/c13-9-4-7-15-11(9)8-3-6-16-12(8)10-2-1-5-14-10/h1-7H. The molecule has 3 aromatic heterocycles. The highest BCUT2D eigenvalue weighted by molar-refractivity contribution is 14.1. The molecular formula is C12H7IS3. The lowest BCUT2D eigenvalue weighted by Gasteiger charge is -1.99. The van der Waals surface area contributed by atoms with Crippen molar-refractivity contribution < 1.29 is 0 Å². The Morgan fingerprint density at radius 3 is 2.31 bits per heavy atom. The minimum atomic E-state index is 1.35. The van der Waals surface area contributed by atoms with Gasteiger partial charge in [-0.15, -0.1) is 34.0 Å². The number of halogens is 1. The largest absolute Gasteiger partial charge is 0.143 e. The molecule has 0 nitrogen and oxygen atoms in total. The highest BCUT2D eigenvalue weighted by Gasteiger charge is 2.13. The quantitative estimate of drug-likeness (QED) is 0.497. The van der Waals surface area contributed by atoms with Crippen LogP contribution in [0.1, 0.15) is 0 Å². The van der Waals surface area contributed by atoms with E-state index in [1.165, 1.54) is 23.8 Å². The van der Waals surface area contributed by atoms with Gasteiger partial charge in [-0.25, -0.2) is 0 Å². The average molecular weight is 374 g/mol. The van der Waals surface area contributed by atoms with Crippen molar-refractivity contribution in [1.29, 1.82) is 0 Å². The zero-order valence-corrected chi connectivity index (χ0v) is 12.8. The molecule has 4 heteroatoms. The van der Waals surface area contributed by atoms with Gasteiger partial charge in [-0.05, 0) is 56.9 Å². The molecule has 0 atom stereocenters. The minimum absolute atomic E-state index is 1.35. The van der Waals surface area contributed by atoms with Gasteiger partial charge in [-0.3, -0.25) is 0 Å². The van der Waals surface area contributed by atoms with Gasteiger partial charge < -0.3 is 0 Å². The summed E-state index contributed by atoms with van der Waals surface area (Å²) in [7, 11) is 0. The predicted molar refractivity (Wildman–Crippen MR) is 83.7 cm³/mol. The Labute approximate surface area is 120 Å². The highest BCUT2D eigenvalue weighted by Crippen LogP contribution is 2.42. The fourth-order valence-corrected chi connectivity index (χ4v) is 5.34.